The van der Waals surface area contributed by atoms with E-state index in [4.69, 9.17) is 4.74 Å². The maximum absolute atomic E-state index is 12.4. The van der Waals surface area contributed by atoms with E-state index in [2.05, 4.69) is 17.6 Å². The summed E-state index contributed by atoms with van der Waals surface area (Å²) < 4.78 is 5.01. The third-order valence-corrected chi connectivity index (χ3v) is 7.04. The molecule has 1 atom stereocenters. The van der Waals surface area contributed by atoms with Crippen LogP contribution in [0.5, 0.6) is 0 Å². The van der Waals surface area contributed by atoms with E-state index in [9.17, 15) is 14.4 Å². The molecule has 1 unspecified atom stereocenters. The Bertz CT molecular complexity index is 756. The number of thiophene rings is 1. The summed E-state index contributed by atoms with van der Waals surface area (Å²) in [6, 6.07) is 2.14. The fraction of sp³-hybridized carbons (Fsp3) is 0.682. The summed E-state index contributed by atoms with van der Waals surface area (Å²) >= 11 is 1.61. The molecule has 0 radical (unpaired) electrons. The average molecular weight is 436 g/mol. The van der Waals surface area contributed by atoms with E-state index in [0.29, 0.717) is 45.0 Å². The molecule has 2 N–H and O–H groups in total. The number of carbonyl (C=O) groups is 3. The van der Waals surface area contributed by atoms with Crippen molar-refractivity contribution < 1.29 is 19.1 Å². The van der Waals surface area contributed by atoms with Gasteiger partial charge in [-0.15, -0.1) is 11.3 Å². The second-order valence-corrected chi connectivity index (χ2v) is 9.43. The Morgan fingerprint density at radius 1 is 1.23 bits per heavy atom. The lowest BCUT2D eigenvalue weighted by atomic mass is 9.90. The molecule has 2 aliphatic rings. The fourth-order valence-electron chi connectivity index (χ4n) is 4.08. The molecule has 1 aliphatic heterocycles. The first-order valence-corrected chi connectivity index (χ1v) is 11.9. The number of hydrogen-bond acceptors (Lipinski definition) is 5. The molecule has 1 fully saturated rings. The van der Waals surface area contributed by atoms with Crippen LogP contribution in [0, 0.1) is 5.92 Å². The van der Waals surface area contributed by atoms with Crippen molar-refractivity contribution in [2.75, 3.05) is 26.2 Å². The quantitative estimate of drug-likeness (QED) is 0.644. The summed E-state index contributed by atoms with van der Waals surface area (Å²) in [6.07, 6.45) is 5.54. The SMILES string of the molecule is CCOC(=O)N1CCC(NC(=O)CCCNC(=O)c2cc3c(s2)CCC(C)C3)CC1. The largest absolute Gasteiger partial charge is 0.450 e. The lowest BCUT2D eigenvalue weighted by Crippen LogP contribution is -2.46. The van der Waals surface area contributed by atoms with Gasteiger partial charge in [0, 0.05) is 37.0 Å². The third kappa shape index (κ3) is 6.20. The highest BCUT2D eigenvalue weighted by Crippen LogP contribution is 2.32. The molecule has 0 saturated carbocycles. The van der Waals surface area contributed by atoms with Gasteiger partial charge in [-0.1, -0.05) is 6.92 Å². The van der Waals surface area contributed by atoms with Gasteiger partial charge in [-0.05, 0) is 63.0 Å². The molecule has 8 heteroatoms. The van der Waals surface area contributed by atoms with Crippen LogP contribution < -0.4 is 10.6 Å². The van der Waals surface area contributed by atoms with Crippen molar-refractivity contribution >= 4 is 29.2 Å². The monoisotopic (exact) mass is 435 g/mol. The number of fused-ring (bicyclic) bond motifs is 1. The molecule has 1 saturated heterocycles. The molecule has 30 heavy (non-hydrogen) atoms. The van der Waals surface area contributed by atoms with Gasteiger partial charge in [0.1, 0.15) is 0 Å². The van der Waals surface area contributed by atoms with Gasteiger partial charge in [-0.2, -0.15) is 0 Å². The second-order valence-electron chi connectivity index (χ2n) is 8.29. The first-order valence-electron chi connectivity index (χ1n) is 11.1. The molecular weight excluding hydrogens is 402 g/mol. The second kappa shape index (κ2) is 10.8. The number of aryl methyl sites for hydroxylation is 1. The number of rotatable bonds is 7. The van der Waals surface area contributed by atoms with E-state index in [1.807, 2.05) is 6.07 Å². The number of nitrogens with one attached hydrogen (secondary N) is 2. The number of ether oxygens (including phenoxy) is 1. The molecule has 0 bridgehead atoms. The zero-order valence-electron chi connectivity index (χ0n) is 18.0. The van der Waals surface area contributed by atoms with E-state index in [0.717, 1.165) is 30.6 Å². The van der Waals surface area contributed by atoms with Crippen LogP contribution in [0.15, 0.2) is 6.07 Å². The van der Waals surface area contributed by atoms with Crippen molar-refractivity contribution in [3.05, 3.63) is 21.4 Å². The Labute approximate surface area is 182 Å². The zero-order valence-corrected chi connectivity index (χ0v) is 18.8. The van der Waals surface area contributed by atoms with Gasteiger partial charge in [0.05, 0.1) is 11.5 Å². The lowest BCUT2D eigenvalue weighted by Gasteiger charge is -2.31. The summed E-state index contributed by atoms with van der Waals surface area (Å²) in [5.41, 5.74) is 1.33. The van der Waals surface area contributed by atoms with Crippen molar-refractivity contribution in [1.29, 1.82) is 0 Å². The van der Waals surface area contributed by atoms with Crippen molar-refractivity contribution in [2.45, 2.75) is 64.8 Å². The Morgan fingerprint density at radius 3 is 2.73 bits per heavy atom. The van der Waals surface area contributed by atoms with E-state index < -0.39 is 0 Å². The van der Waals surface area contributed by atoms with Gasteiger partial charge < -0.3 is 20.3 Å². The maximum atomic E-state index is 12.4. The molecule has 7 nitrogen and oxygen atoms in total. The highest BCUT2D eigenvalue weighted by molar-refractivity contribution is 7.14. The van der Waals surface area contributed by atoms with Crippen LogP contribution in [0.25, 0.3) is 0 Å². The molecule has 0 aromatic carbocycles. The molecule has 2 heterocycles. The first-order chi connectivity index (χ1) is 14.5. The minimum Gasteiger partial charge on any atom is -0.450 e. The van der Waals surface area contributed by atoms with E-state index in [-0.39, 0.29) is 23.9 Å². The van der Waals surface area contributed by atoms with Crippen LogP contribution in [0.3, 0.4) is 0 Å². The zero-order chi connectivity index (χ0) is 21.5. The van der Waals surface area contributed by atoms with Crippen molar-refractivity contribution in [1.82, 2.24) is 15.5 Å². The highest BCUT2D eigenvalue weighted by Gasteiger charge is 2.24. The standard InChI is InChI=1S/C22H33N3O4S/c1-3-29-22(28)25-11-8-17(9-12-25)24-20(26)5-4-10-23-21(27)19-14-16-13-15(2)6-7-18(16)30-19/h14-15,17H,3-13H2,1-2H3,(H,23,27)(H,24,26). The van der Waals surface area contributed by atoms with Gasteiger partial charge in [0.2, 0.25) is 5.91 Å². The molecular formula is C22H33N3O4S. The summed E-state index contributed by atoms with van der Waals surface area (Å²) in [4.78, 5) is 40.1. The van der Waals surface area contributed by atoms with Crippen LogP contribution >= 0.6 is 11.3 Å². The van der Waals surface area contributed by atoms with Gasteiger partial charge >= 0.3 is 6.09 Å². The summed E-state index contributed by atoms with van der Waals surface area (Å²) in [7, 11) is 0. The van der Waals surface area contributed by atoms with E-state index >= 15 is 0 Å². The lowest BCUT2D eigenvalue weighted by molar-refractivity contribution is -0.122. The van der Waals surface area contributed by atoms with Gasteiger partial charge in [-0.25, -0.2) is 4.79 Å². The van der Waals surface area contributed by atoms with Gasteiger partial charge in [0.25, 0.3) is 5.91 Å². The number of hydrogen-bond donors (Lipinski definition) is 2. The van der Waals surface area contributed by atoms with Crippen LogP contribution in [0.4, 0.5) is 4.79 Å². The van der Waals surface area contributed by atoms with E-state index in [1.54, 1.807) is 23.2 Å². The number of amides is 3. The Balaban J connectivity index is 1.31. The fourth-order valence-corrected chi connectivity index (χ4v) is 5.20. The van der Waals surface area contributed by atoms with E-state index in [1.165, 1.54) is 16.9 Å². The molecule has 1 aromatic rings. The third-order valence-electron chi connectivity index (χ3n) is 5.81. The topological polar surface area (TPSA) is 87.7 Å². The van der Waals surface area contributed by atoms with Crippen molar-refractivity contribution in [3.8, 4) is 0 Å². The number of likely N-dealkylation sites (tertiary alicyclic amines) is 1. The number of piperidine rings is 1. The molecule has 1 aromatic heterocycles. The average Bonchev–Trinajstić information content (AvgIpc) is 3.15. The molecule has 3 rings (SSSR count). The van der Waals surface area contributed by atoms with Gasteiger partial charge in [-0.3, -0.25) is 9.59 Å². The smallest absolute Gasteiger partial charge is 0.409 e. The predicted molar refractivity (Wildman–Crippen MR) is 117 cm³/mol. The van der Waals surface area contributed by atoms with Crippen molar-refractivity contribution in [2.24, 2.45) is 5.92 Å². The molecule has 0 spiro atoms. The van der Waals surface area contributed by atoms with Crippen molar-refractivity contribution in [3.63, 3.8) is 0 Å². The summed E-state index contributed by atoms with van der Waals surface area (Å²) in [6.45, 7) is 6.12. The van der Waals surface area contributed by atoms with Crippen LogP contribution in [0.1, 0.15) is 66.1 Å². The minimum absolute atomic E-state index is 0.000547. The van der Waals surface area contributed by atoms with Gasteiger partial charge in [0.15, 0.2) is 0 Å². The Morgan fingerprint density at radius 2 is 2.00 bits per heavy atom. The molecule has 3 amide bonds. The van der Waals surface area contributed by atoms with Crippen LogP contribution in [-0.2, 0) is 22.4 Å². The van der Waals surface area contributed by atoms with Crippen LogP contribution in [0.2, 0.25) is 0 Å². The maximum Gasteiger partial charge on any atom is 0.409 e. The summed E-state index contributed by atoms with van der Waals surface area (Å²) in [5.74, 6) is 0.659. The molecule has 1 aliphatic carbocycles. The Hall–Kier alpha value is -2.09. The first kappa shape index (κ1) is 22.6. The number of nitrogens with zero attached hydrogens (tertiary/aromatic N) is 1. The summed E-state index contributed by atoms with van der Waals surface area (Å²) in [5, 5.41) is 5.98. The number of carbonyl (C=O) groups excluding carboxylic acids is 3. The minimum atomic E-state index is -0.279. The highest BCUT2D eigenvalue weighted by atomic mass is 32.1. The Kier molecular flexibility index (Phi) is 8.13. The molecule has 166 valence electrons. The normalized spacial score (nSPS) is 19.1. The predicted octanol–water partition coefficient (Wildman–Crippen LogP) is 3.12. The van der Waals surface area contributed by atoms with Crippen LogP contribution in [-0.4, -0.2) is 55.1 Å².